The second kappa shape index (κ2) is 11.3. The molecule has 1 saturated heterocycles. The predicted octanol–water partition coefficient (Wildman–Crippen LogP) is 3.77. The first-order valence-corrected chi connectivity index (χ1v) is 9.49. The van der Waals surface area contributed by atoms with Crippen molar-refractivity contribution in [2.45, 2.75) is 91.1 Å². The van der Waals surface area contributed by atoms with Gasteiger partial charge in [-0.2, -0.15) is 0 Å². The van der Waals surface area contributed by atoms with E-state index in [0.717, 1.165) is 37.9 Å². The van der Waals surface area contributed by atoms with Crippen LogP contribution in [-0.2, 0) is 0 Å². The molecule has 1 aliphatic rings. The van der Waals surface area contributed by atoms with E-state index >= 15 is 0 Å². The van der Waals surface area contributed by atoms with E-state index in [-0.39, 0.29) is 5.66 Å². The lowest BCUT2D eigenvalue weighted by atomic mass is 10.1. The van der Waals surface area contributed by atoms with E-state index in [1.165, 1.54) is 44.9 Å². The average Bonchev–Trinajstić information content (AvgIpc) is 2.49. The van der Waals surface area contributed by atoms with Gasteiger partial charge in [-0.25, -0.2) is 0 Å². The van der Waals surface area contributed by atoms with Crippen molar-refractivity contribution in [3.05, 3.63) is 0 Å². The first kappa shape index (κ1) is 19.8. The lowest BCUT2D eigenvalue weighted by molar-refractivity contribution is 0.403. The van der Waals surface area contributed by atoms with Gasteiger partial charge in [0.2, 0.25) is 0 Å². The molecule has 134 valence electrons. The van der Waals surface area contributed by atoms with Gasteiger partial charge in [0, 0.05) is 13.1 Å². The number of nitrogens with one attached hydrogen (secondary N) is 3. The second-order valence-corrected chi connectivity index (χ2v) is 6.94. The van der Waals surface area contributed by atoms with E-state index in [2.05, 4.69) is 53.6 Å². The summed E-state index contributed by atoms with van der Waals surface area (Å²) in [6.45, 7) is 10.4. The zero-order valence-corrected chi connectivity index (χ0v) is 15.7. The molecule has 1 aliphatic heterocycles. The van der Waals surface area contributed by atoms with Crippen molar-refractivity contribution >= 4 is 11.9 Å². The lowest BCUT2D eigenvalue weighted by Crippen LogP contribution is -2.68. The maximum Gasteiger partial charge on any atom is 0.199 e. The molecule has 0 atom stereocenters. The highest BCUT2D eigenvalue weighted by molar-refractivity contribution is 6.01. The summed E-state index contributed by atoms with van der Waals surface area (Å²) in [6, 6.07) is 0. The molecule has 23 heavy (non-hydrogen) atoms. The summed E-state index contributed by atoms with van der Waals surface area (Å²) in [6.07, 6.45) is 11.4. The Bertz CT molecular complexity index is 374. The third-order valence-corrected chi connectivity index (χ3v) is 3.91. The SMILES string of the molecule is CCCCCCCCN=C1NC(=NCCCCC)NC(C)(C)N1. The molecule has 0 radical (unpaired) electrons. The number of hydrogen-bond donors (Lipinski definition) is 3. The van der Waals surface area contributed by atoms with Gasteiger partial charge in [-0.1, -0.05) is 58.8 Å². The van der Waals surface area contributed by atoms with E-state index in [1.807, 2.05) is 0 Å². The summed E-state index contributed by atoms with van der Waals surface area (Å²) < 4.78 is 0. The minimum Gasteiger partial charge on any atom is -0.334 e. The molecule has 0 aromatic heterocycles. The van der Waals surface area contributed by atoms with Crippen LogP contribution in [0, 0.1) is 0 Å². The number of guanidine groups is 2. The summed E-state index contributed by atoms with van der Waals surface area (Å²) >= 11 is 0. The summed E-state index contributed by atoms with van der Waals surface area (Å²) in [4.78, 5) is 9.28. The minimum atomic E-state index is -0.213. The molecule has 3 N–H and O–H groups in total. The topological polar surface area (TPSA) is 60.8 Å². The van der Waals surface area contributed by atoms with E-state index in [4.69, 9.17) is 0 Å². The van der Waals surface area contributed by atoms with Crippen LogP contribution in [0.15, 0.2) is 9.98 Å². The fraction of sp³-hybridized carbons (Fsp3) is 0.889. The van der Waals surface area contributed by atoms with Crippen LogP contribution in [0.25, 0.3) is 0 Å². The normalized spacial score (nSPS) is 20.2. The molecule has 5 heteroatoms. The van der Waals surface area contributed by atoms with Crippen molar-refractivity contribution < 1.29 is 0 Å². The smallest absolute Gasteiger partial charge is 0.199 e. The number of aliphatic imine (C=N–C) groups is 2. The van der Waals surface area contributed by atoms with Crippen molar-refractivity contribution in [2.24, 2.45) is 9.98 Å². The Labute approximate surface area is 142 Å². The zero-order chi connectivity index (χ0) is 17.0. The van der Waals surface area contributed by atoms with Crippen molar-refractivity contribution in [3.8, 4) is 0 Å². The molecule has 0 amide bonds. The number of hydrogen-bond acceptors (Lipinski definition) is 2. The Kier molecular flexibility index (Phi) is 9.72. The van der Waals surface area contributed by atoms with Crippen molar-refractivity contribution in [3.63, 3.8) is 0 Å². The van der Waals surface area contributed by atoms with E-state index in [1.54, 1.807) is 0 Å². The van der Waals surface area contributed by atoms with Crippen LogP contribution >= 0.6 is 0 Å². The quantitative estimate of drug-likeness (QED) is 0.507. The summed E-state index contributed by atoms with van der Waals surface area (Å²) in [5.74, 6) is 1.68. The minimum absolute atomic E-state index is 0.213. The Morgan fingerprint density at radius 3 is 1.70 bits per heavy atom. The fourth-order valence-electron chi connectivity index (χ4n) is 2.59. The number of nitrogens with zero attached hydrogens (tertiary/aromatic N) is 2. The Balaban J connectivity index is 2.36. The highest BCUT2D eigenvalue weighted by Gasteiger charge is 2.26. The molecular formula is C18H37N5. The average molecular weight is 324 g/mol. The Morgan fingerprint density at radius 1 is 0.696 bits per heavy atom. The molecule has 0 aromatic rings. The molecule has 1 fully saturated rings. The first-order chi connectivity index (χ1) is 11.1. The van der Waals surface area contributed by atoms with Crippen LogP contribution < -0.4 is 16.0 Å². The predicted molar refractivity (Wildman–Crippen MR) is 101 cm³/mol. The van der Waals surface area contributed by atoms with Crippen LogP contribution in [0.1, 0.15) is 85.5 Å². The summed E-state index contributed by atoms with van der Waals surface area (Å²) in [7, 11) is 0. The second-order valence-electron chi connectivity index (χ2n) is 6.94. The lowest BCUT2D eigenvalue weighted by Gasteiger charge is -2.36. The van der Waals surface area contributed by atoms with Crippen molar-refractivity contribution in [2.75, 3.05) is 13.1 Å². The molecule has 5 nitrogen and oxygen atoms in total. The molecule has 0 unspecified atom stereocenters. The van der Waals surface area contributed by atoms with E-state index < -0.39 is 0 Å². The molecule has 1 heterocycles. The van der Waals surface area contributed by atoms with Gasteiger partial charge in [0.15, 0.2) is 11.9 Å². The van der Waals surface area contributed by atoms with Gasteiger partial charge in [0.05, 0.1) is 0 Å². The van der Waals surface area contributed by atoms with E-state index in [0.29, 0.717) is 0 Å². The largest absolute Gasteiger partial charge is 0.334 e. The molecule has 0 spiro atoms. The Hall–Kier alpha value is -1.26. The molecule has 0 aromatic carbocycles. The zero-order valence-electron chi connectivity index (χ0n) is 15.7. The van der Waals surface area contributed by atoms with Gasteiger partial charge in [-0.3, -0.25) is 15.3 Å². The third-order valence-electron chi connectivity index (χ3n) is 3.91. The van der Waals surface area contributed by atoms with Crippen LogP contribution in [0.2, 0.25) is 0 Å². The first-order valence-electron chi connectivity index (χ1n) is 9.49. The molecular weight excluding hydrogens is 286 g/mol. The van der Waals surface area contributed by atoms with Crippen molar-refractivity contribution in [1.29, 1.82) is 0 Å². The van der Waals surface area contributed by atoms with Gasteiger partial charge < -0.3 is 10.6 Å². The number of unbranched alkanes of at least 4 members (excludes halogenated alkanes) is 7. The molecule has 1 rings (SSSR count). The van der Waals surface area contributed by atoms with Gasteiger partial charge in [0.1, 0.15) is 5.66 Å². The van der Waals surface area contributed by atoms with Crippen LogP contribution in [0.5, 0.6) is 0 Å². The summed E-state index contributed by atoms with van der Waals surface area (Å²) in [5.41, 5.74) is -0.213. The third kappa shape index (κ3) is 9.47. The molecule has 0 saturated carbocycles. The van der Waals surface area contributed by atoms with Gasteiger partial charge in [0.25, 0.3) is 0 Å². The Morgan fingerprint density at radius 2 is 1.13 bits per heavy atom. The summed E-state index contributed by atoms with van der Waals surface area (Å²) in [5, 5.41) is 10.0. The van der Waals surface area contributed by atoms with Gasteiger partial charge >= 0.3 is 0 Å². The maximum atomic E-state index is 4.66. The van der Waals surface area contributed by atoms with Crippen LogP contribution in [0.3, 0.4) is 0 Å². The van der Waals surface area contributed by atoms with Gasteiger partial charge in [-0.15, -0.1) is 0 Å². The standard InChI is InChI=1S/C18H37N5/c1-5-7-9-10-11-13-15-20-17-21-16(19-14-12-8-6-2)22-18(3,4)23-17/h5-15H2,1-4H3,(H3,19,20,21,22,23). The van der Waals surface area contributed by atoms with Crippen LogP contribution in [0.4, 0.5) is 0 Å². The highest BCUT2D eigenvalue weighted by Crippen LogP contribution is 2.06. The molecule has 0 bridgehead atoms. The fourth-order valence-corrected chi connectivity index (χ4v) is 2.59. The monoisotopic (exact) mass is 323 g/mol. The van der Waals surface area contributed by atoms with Gasteiger partial charge in [-0.05, 0) is 26.7 Å². The molecule has 0 aliphatic carbocycles. The van der Waals surface area contributed by atoms with Crippen molar-refractivity contribution in [1.82, 2.24) is 16.0 Å². The maximum absolute atomic E-state index is 4.66. The number of rotatable bonds is 11. The van der Waals surface area contributed by atoms with Crippen LogP contribution in [-0.4, -0.2) is 30.7 Å². The van der Waals surface area contributed by atoms with E-state index in [9.17, 15) is 0 Å². The highest BCUT2D eigenvalue weighted by atomic mass is 15.4.